The van der Waals surface area contributed by atoms with Crippen molar-refractivity contribution in [2.45, 2.75) is 103 Å². The van der Waals surface area contributed by atoms with Crippen LogP contribution in [0.3, 0.4) is 0 Å². The predicted molar refractivity (Wildman–Crippen MR) is 138 cm³/mol. The molecule has 0 unspecified atom stereocenters. The first-order valence-corrected chi connectivity index (χ1v) is 12.6. The summed E-state index contributed by atoms with van der Waals surface area (Å²) in [6.45, 7) is 12.1. The van der Waals surface area contributed by atoms with E-state index >= 15 is 0 Å². The van der Waals surface area contributed by atoms with Gasteiger partial charge in [0, 0.05) is 26.2 Å². The Hall–Kier alpha value is -2.60. The van der Waals surface area contributed by atoms with E-state index in [1.54, 1.807) is 41.5 Å². The van der Waals surface area contributed by atoms with E-state index in [2.05, 4.69) is 21.3 Å². The Morgan fingerprint density at radius 3 is 1.22 bits per heavy atom. The van der Waals surface area contributed by atoms with Crippen molar-refractivity contribution < 1.29 is 28.7 Å². The summed E-state index contributed by atoms with van der Waals surface area (Å²) in [5.74, 6) is -0.600. The van der Waals surface area contributed by atoms with Gasteiger partial charge in [-0.1, -0.05) is 0 Å². The molecule has 2 atom stereocenters. The van der Waals surface area contributed by atoms with Gasteiger partial charge in [-0.05, 0) is 80.1 Å². The number of unbranched alkanes of at least 4 members (excludes halogenated alkanes) is 2. The highest BCUT2D eigenvalue weighted by Gasteiger charge is 2.17. The van der Waals surface area contributed by atoms with Crippen LogP contribution in [0.25, 0.3) is 0 Å². The fraction of sp³-hybridized carbons (Fsp3) is 0.833. The minimum Gasteiger partial charge on any atom is -0.444 e. The van der Waals surface area contributed by atoms with Crippen LogP contribution in [0.15, 0.2) is 0 Å². The van der Waals surface area contributed by atoms with Gasteiger partial charge < -0.3 is 42.2 Å². The van der Waals surface area contributed by atoms with E-state index in [9.17, 15) is 19.2 Å². The third-order valence-corrected chi connectivity index (χ3v) is 4.62. The van der Waals surface area contributed by atoms with E-state index in [1.165, 1.54) is 0 Å². The van der Waals surface area contributed by atoms with Crippen molar-refractivity contribution in [1.29, 1.82) is 0 Å². The van der Waals surface area contributed by atoms with Crippen molar-refractivity contribution in [3.05, 3.63) is 0 Å². The maximum atomic E-state index is 12.1. The smallest absolute Gasteiger partial charge is 0.407 e. The summed E-state index contributed by atoms with van der Waals surface area (Å²) in [5, 5.41) is 10.7. The Kier molecular flexibility index (Phi) is 15.7. The van der Waals surface area contributed by atoms with Crippen LogP contribution < -0.4 is 32.7 Å². The number of hydrogen-bond acceptors (Lipinski definition) is 8. The normalized spacial score (nSPS) is 13.2. The lowest BCUT2D eigenvalue weighted by atomic mass is 10.1. The summed E-state index contributed by atoms with van der Waals surface area (Å²) in [7, 11) is 0. The molecule has 0 aliphatic carbocycles. The second kappa shape index (κ2) is 17.0. The van der Waals surface area contributed by atoms with Crippen molar-refractivity contribution in [3.8, 4) is 0 Å². The monoisotopic (exact) mass is 516 g/mol. The highest BCUT2D eigenvalue weighted by molar-refractivity contribution is 5.82. The Bertz CT molecular complexity index is 632. The number of nitrogens with one attached hydrogen (secondary N) is 4. The summed E-state index contributed by atoms with van der Waals surface area (Å²) >= 11 is 0. The van der Waals surface area contributed by atoms with Crippen molar-refractivity contribution >= 4 is 24.0 Å². The molecule has 0 bridgehead atoms. The molecule has 0 aromatic heterocycles. The first-order valence-electron chi connectivity index (χ1n) is 12.6. The Balaban J connectivity index is 3.82. The average molecular weight is 517 g/mol. The second-order valence-electron chi connectivity index (χ2n) is 10.6. The zero-order valence-electron chi connectivity index (χ0n) is 22.8. The van der Waals surface area contributed by atoms with E-state index in [4.69, 9.17) is 20.9 Å². The van der Waals surface area contributed by atoms with Crippen LogP contribution in [-0.2, 0) is 19.1 Å². The van der Waals surface area contributed by atoms with Gasteiger partial charge in [-0.3, -0.25) is 9.59 Å². The molecule has 8 N–H and O–H groups in total. The highest BCUT2D eigenvalue weighted by atomic mass is 16.6. The molecule has 0 aliphatic rings. The van der Waals surface area contributed by atoms with Gasteiger partial charge in [-0.2, -0.15) is 0 Å². The predicted octanol–water partition coefficient (Wildman–Crippen LogP) is 1.26. The molecule has 0 aromatic rings. The van der Waals surface area contributed by atoms with Crippen molar-refractivity contribution in [2.75, 3.05) is 26.2 Å². The molecule has 12 nitrogen and oxygen atoms in total. The fourth-order valence-corrected chi connectivity index (χ4v) is 2.88. The lowest BCUT2D eigenvalue weighted by Gasteiger charge is -2.19. The Morgan fingerprint density at radius 1 is 0.583 bits per heavy atom. The van der Waals surface area contributed by atoms with Crippen molar-refractivity contribution in [2.24, 2.45) is 11.5 Å². The SMILES string of the molecule is CC(C)(C)OC(=O)NCCCC[C@H](N)C(=O)NCCNC(=O)[C@@H](N)CCCCNC(=O)OC(C)(C)C. The zero-order valence-corrected chi connectivity index (χ0v) is 22.8. The van der Waals surface area contributed by atoms with Gasteiger partial charge in [0.05, 0.1) is 12.1 Å². The average Bonchev–Trinajstić information content (AvgIpc) is 2.72. The number of nitrogens with two attached hydrogens (primary N) is 2. The molecule has 0 radical (unpaired) electrons. The molecule has 0 aliphatic heterocycles. The Morgan fingerprint density at radius 2 is 0.917 bits per heavy atom. The molecule has 0 spiro atoms. The van der Waals surface area contributed by atoms with Crippen molar-refractivity contribution in [3.63, 3.8) is 0 Å². The molecule has 0 saturated carbocycles. The third-order valence-electron chi connectivity index (χ3n) is 4.62. The van der Waals surface area contributed by atoms with E-state index in [0.29, 0.717) is 51.6 Å². The number of ether oxygens (including phenoxy) is 2. The number of carbonyl (C=O) groups excluding carboxylic acids is 4. The van der Waals surface area contributed by atoms with E-state index in [1.807, 2.05) is 0 Å². The van der Waals surface area contributed by atoms with Crippen LogP contribution in [0.4, 0.5) is 9.59 Å². The second-order valence-corrected chi connectivity index (χ2v) is 10.6. The summed E-state index contributed by atoms with van der Waals surface area (Å²) in [4.78, 5) is 47.3. The van der Waals surface area contributed by atoms with Gasteiger partial charge in [0.25, 0.3) is 0 Å². The van der Waals surface area contributed by atoms with Gasteiger partial charge in [-0.15, -0.1) is 0 Å². The molecule has 0 fully saturated rings. The maximum Gasteiger partial charge on any atom is 0.407 e. The largest absolute Gasteiger partial charge is 0.444 e. The van der Waals surface area contributed by atoms with Gasteiger partial charge in [0.1, 0.15) is 11.2 Å². The number of amides is 4. The molecule has 0 saturated heterocycles. The van der Waals surface area contributed by atoms with Gasteiger partial charge in [0.2, 0.25) is 11.8 Å². The van der Waals surface area contributed by atoms with Gasteiger partial charge in [0.15, 0.2) is 0 Å². The molecular weight excluding hydrogens is 468 g/mol. The van der Waals surface area contributed by atoms with Gasteiger partial charge in [-0.25, -0.2) is 9.59 Å². The molecule has 0 aromatic carbocycles. The number of rotatable bonds is 15. The number of carbonyl (C=O) groups is 4. The molecule has 4 amide bonds. The van der Waals surface area contributed by atoms with Crippen LogP contribution in [-0.4, -0.2) is 73.5 Å². The maximum absolute atomic E-state index is 12.1. The van der Waals surface area contributed by atoms with Crippen LogP contribution in [0.5, 0.6) is 0 Å². The van der Waals surface area contributed by atoms with Crippen LogP contribution in [0, 0.1) is 0 Å². The topological polar surface area (TPSA) is 187 Å². The molecule has 12 heteroatoms. The molecular formula is C24H48N6O6. The van der Waals surface area contributed by atoms with Crippen LogP contribution in [0.1, 0.15) is 80.1 Å². The molecule has 0 rings (SSSR count). The summed E-state index contributed by atoms with van der Waals surface area (Å²) in [5.41, 5.74) is 10.7. The highest BCUT2D eigenvalue weighted by Crippen LogP contribution is 2.07. The summed E-state index contributed by atoms with van der Waals surface area (Å²) < 4.78 is 10.3. The van der Waals surface area contributed by atoms with Gasteiger partial charge >= 0.3 is 12.2 Å². The standard InChI is InChI=1S/C24H48N6O6/c1-23(2,3)35-21(33)29-13-9-7-11-17(25)19(31)27-15-16-28-20(32)18(26)12-8-10-14-30-22(34)36-24(4,5)6/h17-18H,7-16,25-26H2,1-6H3,(H,27,31)(H,28,32)(H,29,33)(H,30,34)/t17-,18-/m0/s1. The summed E-state index contributed by atoms with van der Waals surface area (Å²) in [6.07, 6.45) is 2.69. The third kappa shape index (κ3) is 19.7. The van der Waals surface area contributed by atoms with E-state index in [0.717, 1.165) is 0 Å². The minimum absolute atomic E-state index is 0.241. The molecule has 0 heterocycles. The quantitative estimate of drug-likeness (QED) is 0.175. The number of hydrogen-bond donors (Lipinski definition) is 6. The zero-order chi connectivity index (χ0) is 27.8. The first kappa shape index (κ1) is 33.4. The number of alkyl carbamates (subject to hydrolysis) is 2. The minimum atomic E-state index is -0.668. The summed E-state index contributed by atoms with van der Waals surface area (Å²) in [6, 6.07) is -1.34. The van der Waals surface area contributed by atoms with Crippen LogP contribution in [0.2, 0.25) is 0 Å². The van der Waals surface area contributed by atoms with Crippen LogP contribution >= 0.6 is 0 Å². The van der Waals surface area contributed by atoms with E-state index < -0.39 is 35.5 Å². The molecule has 210 valence electrons. The first-order chi connectivity index (χ1) is 16.6. The lowest BCUT2D eigenvalue weighted by Crippen LogP contribution is -2.46. The Labute approximate surface area is 215 Å². The van der Waals surface area contributed by atoms with Crippen molar-refractivity contribution in [1.82, 2.24) is 21.3 Å². The fourth-order valence-electron chi connectivity index (χ4n) is 2.88. The lowest BCUT2D eigenvalue weighted by molar-refractivity contribution is -0.124. The molecule has 36 heavy (non-hydrogen) atoms. The van der Waals surface area contributed by atoms with E-state index in [-0.39, 0.29) is 24.9 Å².